The van der Waals surface area contributed by atoms with Gasteiger partial charge in [-0.25, -0.2) is 0 Å². The van der Waals surface area contributed by atoms with Crippen LogP contribution in [0.25, 0.3) is 0 Å². The molecule has 0 aliphatic rings. The van der Waals surface area contributed by atoms with Crippen molar-refractivity contribution in [1.29, 1.82) is 0 Å². The third-order valence-corrected chi connectivity index (χ3v) is 2.07. The van der Waals surface area contributed by atoms with E-state index in [1.165, 1.54) is 0 Å². The largest absolute Gasteiger partial charge is 0.330 e. The lowest BCUT2D eigenvalue weighted by Gasteiger charge is -2.09. The van der Waals surface area contributed by atoms with Crippen molar-refractivity contribution in [2.24, 2.45) is 11.5 Å². The van der Waals surface area contributed by atoms with Crippen molar-refractivity contribution >= 4 is 28.3 Å². The van der Waals surface area contributed by atoms with Crippen LogP contribution in [0.15, 0.2) is 22.9 Å². The van der Waals surface area contributed by atoms with Crippen LogP contribution in [-0.2, 0) is 0 Å². The van der Waals surface area contributed by atoms with Gasteiger partial charge in [-0.1, -0.05) is 0 Å². The van der Waals surface area contributed by atoms with Gasteiger partial charge in [0.2, 0.25) is 0 Å². The van der Waals surface area contributed by atoms with Crippen molar-refractivity contribution in [2.45, 2.75) is 12.5 Å². The van der Waals surface area contributed by atoms with E-state index >= 15 is 0 Å². The molecule has 0 fully saturated rings. The number of hydrogen-bond acceptors (Lipinski definition) is 3. The second kappa shape index (κ2) is 6.32. The average molecular weight is 267 g/mol. The van der Waals surface area contributed by atoms with E-state index in [-0.39, 0.29) is 18.4 Å². The summed E-state index contributed by atoms with van der Waals surface area (Å²) in [6.45, 7) is 0.605. The first-order chi connectivity index (χ1) is 5.74. The molecule has 5 heteroatoms. The summed E-state index contributed by atoms with van der Waals surface area (Å²) in [5, 5.41) is 0. The third-order valence-electron chi connectivity index (χ3n) is 1.63. The number of halogens is 2. The number of rotatable bonds is 3. The SMILES string of the molecule is Cl.NCC[C@H](N)c1cncc(Br)c1. The maximum atomic E-state index is 5.83. The minimum absolute atomic E-state index is 0. The molecule has 0 aliphatic carbocycles. The number of hydrogen-bond donors (Lipinski definition) is 2. The average Bonchev–Trinajstić information content (AvgIpc) is 2.05. The van der Waals surface area contributed by atoms with Crippen molar-refractivity contribution in [3.8, 4) is 0 Å². The fourth-order valence-corrected chi connectivity index (χ4v) is 1.36. The highest BCUT2D eigenvalue weighted by molar-refractivity contribution is 9.10. The normalized spacial score (nSPS) is 11.9. The summed E-state index contributed by atoms with van der Waals surface area (Å²) in [6, 6.07) is 1.97. The zero-order chi connectivity index (χ0) is 8.97. The molecule has 13 heavy (non-hydrogen) atoms. The molecule has 0 amide bonds. The van der Waals surface area contributed by atoms with E-state index < -0.39 is 0 Å². The summed E-state index contributed by atoms with van der Waals surface area (Å²) >= 11 is 3.33. The standard InChI is InChI=1S/C8H12BrN3.ClH/c9-7-3-6(4-12-5-7)8(11)1-2-10;/h3-5,8H,1-2,10-11H2;1H/t8-;/m0./s1. The zero-order valence-corrected chi connectivity index (χ0v) is 9.51. The van der Waals surface area contributed by atoms with Crippen LogP contribution in [0, 0.1) is 0 Å². The van der Waals surface area contributed by atoms with E-state index in [1.54, 1.807) is 12.4 Å². The van der Waals surface area contributed by atoms with Crippen LogP contribution < -0.4 is 11.5 Å². The maximum Gasteiger partial charge on any atom is 0.0410 e. The van der Waals surface area contributed by atoms with Gasteiger partial charge in [0.05, 0.1) is 0 Å². The van der Waals surface area contributed by atoms with E-state index in [9.17, 15) is 0 Å². The van der Waals surface area contributed by atoms with E-state index in [4.69, 9.17) is 11.5 Å². The van der Waals surface area contributed by atoms with Crippen molar-refractivity contribution in [1.82, 2.24) is 4.98 Å². The first-order valence-electron chi connectivity index (χ1n) is 3.80. The second-order valence-electron chi connectivity index (χ2n) is 2.62. The predicted octanol–water partition coefficient (Wildman–Crippen LogP) is 1.61. The minimum atomic E-state index is -0.000000000000000222. The highest BCUT2D eigenvalue weighted by atomic mass is 79.9. The van der Waals surface area contributed by atoms with E-state index in [0.717, 1.165) is 16.5 Å². The topological polar surface area (TPSA) is 64.9 Å². The van der Waals surface area contributed by atoms with Gasteiger partial charge in [-0.05, 0) is 40.5 Å². The van der Waals surface area contributed by atoms with Gasteiger partial charge >= 0.3 is 0 Å². The maximum absolute atomic E-state index is 5.83. The zero-order valence-electron chi connectivity index (χ0n) is 7.11. The van der Waals surface area contributed by atoms with E-state index in [1.807, 2.05) is 6.07 Å². The molecule has 4 N–H and O–H groups in total. The lowest BCUT2D eigenvalue weighted by atomic mass is 10.1. The van der Waals surface area contributed by atoms with Crippen LogP contribution in [0.2, 0.25) is 0 Å². The fourth-order valence-electron chi connectivity index (χ4n) is 0.977. The lowest BCUT2D eigenvalue weighted by molar-refractivity contribution is 0.658. The monoisotopic (exact) mass is 265 g/mol. The van der Waals surface area contributed by atoms with Crippen LogP contribution in [0.5, 0.6) is 0 Å². The Morgan fingerprint density at radius 3 is 2.69 bits per heavy atom. The Kier molecular flexibility index (Phi) is 6.24. The summed E-state index contributed by atoms with van der Waals surface area (Å²) in [5.74, 6) is 0. The van der Waals surface area contributed by atoms with E-state index in [2.05, 4.69) is 20.9 Å². The van der Waals surface area contributed by atoms with Crippen LogP contribution in [-0.4, -0.2) is 11.5 Å². The van der Waals surface area contributed by atoms with E-state index in [0.29, 0.717) is 6.54 Å². The van der Waals surface area contributed by atoms with Gasteiger partial charge in [0.15, 0.2) is 0 Å². The van der Waals surface area contributed by atoms with Gasteiger partial charge in [0.1, 0.15) is 0 Å². The summed E-state index contributed by atoms with van der Waals surface area (Å²) in [4.78, 5) is 4.02. The molecule has 3 nitrogen and oxygen atoms in total. The Morgan fingerprint density at radius 2 is 2.15 bits per heavy atom. The van der Waals surface area contributed by atoms with Gasteiger partial charge in [-0.3, -0.25) is 4.98 Å². The molecule has 1 heterocycles. The number of aromatic nitrogens is 1. The molecule has 1 aromatic heterocycles. The second-order valence-corrected chi connectivity index (χ2v) is 3.54. The highest BCUT2D eigenvalue weighted by Crippen LogP contribution is 2.16. The molecule has 1 atom stereocenters. The molecule has 0 aromatic carbocycles. The minimum Gasteiger partial charge on any atom is -0.330 e. The molecule has 0 saturated carbocycles. The quantitative estimate of drug-likeness (QED) is 0.874. The summed E-state index contributed by atoms with van der Waals surface area (Å²) < 4.78 is 0.951. The molecule has 0 unspecified atom stereocenters. The first kappa shape index (κ1) is 12.8. The Labute approximate surface area is 92.4 Å². The molecule has 1 rings (SSSR count). The molecule has 1 aromatic rings. The fraction of sp³-hybridized carbons (Fsp3) is 0.375. The molecule has 0 radical (unpaired) electrons. The Bertz CT molecular complexity index is 257. The summed E-state index contributed by atoms with van der Waals surface area (Å²) in [7, 11) is 0. The Morgan fingerprint density at radius 1 is 1.46 bits per heavy atom. The van der Waals surface area contributed by atoms with Gasteiger partial charge < -0.3 is 11.5 Å². The third kappa shape index (κ3) is 4.04. The molecule has 0 saturated heterocycles. The molecule has 0 aliphatic heterocycles. The summed E-state index contributed by atoms with van der Waals surface area (Å²) in [6.07, 6.45) is 4.29. The van der Waals surface area contributed by atoms with Gasteiger partial charge in [-0.15, -0.1) is 12.4 Å². The molecule has 0 spiro atoms. The molecule has 0 bridgehead atoms. The van der Waals surface area contributed by atoms with Crippen molar-refractivity contribution in [3.05, 3.63) is 28.5 Å². The van der Waals surface area contributed by atoms with Gasteiger partial charge in [-0.2, -0.15) is 0 Å². The molecule has 74 valence electrons. The number of nitrogens with two attached hydrogens (primary N) is 2. The van der Waals surface area contributed by atoms with Crippen LogP contribution in [0.1, 0.15) is 18.0 Å². The van der Waals surface area contributed by atoms with Crippen LogP contribution in [0.4, 0.5) is 0 Å². The van der Waals surface area contributed by atoms with Crippen LogP contribution >= 0.6 is 28.3 Å². The molecular weight excluding hydrogens is 253 g/mol. The lowest BCUT2D eigenvalue weighted by Crippen LogP contribution is -2.15. The van der Waals surface area contributed by atoms with Crippen LogP contribution in [0.3, 0.4) is 0 Å². The van der Waals surface area contributed by atoms with Crippen molar-refractivity contribution in [3.63, 3.8) is 0 Å². The first-order valence-corrected chi connectivity index (χ1v) is 4.59. The Balaban J connectivity index is 0.00000144. The van der Waals surface area contributed by atoms with Crippen molar-refractivity contribution in [2.75, 3.05) is 6.54 Å². The van der Waals surface area contributed by atoms with Crippen molar-refractivity contribution < 1.29 is 0 Å². The smallest absolute Gasteiger partial charge is 0.0410 e. The summed E-state index contributed by atoms with van der Waals surface area (Å²) in [5.41, 5.74) is 12.2. The number of nitrogens with zero attached hydrogens (tertiary/aromatic N) is 1. The predicted molar refractivity (Wildman–Crippen MR) is 59.8 cm³/mol. The highest BCUT2D eigenvalue weighted by Gasteiger charge is 2.04. The number of pyridine rings is 1. The molecular formula is C8H13BrClN3. The van der Waals surface area contributed by atoms with Gasteiger partial charge in [0.25, 0.3) is 0 Å². The van der Waals surface area contributed by atoms with Gasteiger partial charge in [0, 0.05) is 22.9 Å². The Hall–Kier alpha value is -0.160.